The molecule has 7 heteroatoms. The van der Waals surface area contributed by atoms with Gasteiger partial charge in [0.2, 0.25) is 5.95 Å². The van der Waals surface area contributed by atoms with E-state index in [0.29, 0.717) is 30.7 Å². The minimum atomic E-state index is -1.06. The average molecular weight is 273 g/mol. The van der Waals surface area contributed by atoms with E-state index in [4.69, 9.17) is 14.6 Å². The van der Waals surface area contributed by atoms with Crippen LogP contribution in [0.5, 0.6) is 11.5 Å². The van der Waals surface area contributed by atoms with E-state index < -0.39 is 5.97 Å². The predicted molar refractivity (Wildman–Crippen MR) is 69.7 cm³/mol. The standard InChI is InChI=1S/C13H11N3O4/c17-12(18)8-6-14-13(15-7-8)16-9-1-2-10-11(5-9)20-4-3-19-10/h1-2,5-7H,3-4H2,(H,17,18)(H,14,15,16). The van der Waals surface area contributed by atoms with Crippen molar-refractivity contribution in [3.8, 4) is 11.5 Å². The summed E-state index contributed by atoms with van der Waals surface area (Å²) in [6, 6.07) is 5.38. The number of hydrogen-bond acceptors (Lipinski definition) is 6. The van der Waals surface area contributed by atoms with Gasteiger partial charge in [-0.3, -0.25) is 0 Å². The molecule has 0 radical (unpaired) electrons. The highest BCUT2D eigenvalue weighted by atomic mass is 16.6. The minimum absolute atomic E-state index is 0.0396. The fraction of sp³-hybridized carbons (Fsp3) is 0.154. The highest BCUT2D eigenvalue weighted by Gasteiger charge is 2.12. The summed E-state index contributed by atoms with van der Waals surface area (Å²) in [5.74, 6) is 0.606. The third-order valence-corrected chi connectivity index (χ3v) is 2.70. The van der Waals surface area contributed by atoms with Crippen molar-refractivity contribution in [1.29, 1.82) is 0 Å². The van der Waals surface area contributed by atoms with Crippen molar-refractivity contribution in [3.05, 3.63) is 36.2 Å². The molecule has 0 amide bonds. The molecule has 0 saturated heterocycles. The molecule has 3 rings (SSSR count). The molecule has 0 spiro atoms. The summed E-state index contributed by atoms with van der Waals surface area (Å²) in [6.07, 6.45) is 2.49. The van der Waals surface area contributed by atoms with E-state index >= 15 is 0 Å². The van der Waals surface area contributed by atoms with Crippen molar-refractivity contribution in [2.24, 2.45) is 0 Å². The molecule has 2 N–H and O–H groups in total. The Morgan fingerprint density at radius 2 is 1.85 bits per heavy atom. The highest BCUT2D eigenvalue weighted by Crippen LogP contribution is 2.33. The van der Waals surface area contributed by atoms with Gasteiger partial charge in [-0.1, -0.05) is 0 Å². The van der Waals surface area contributed by atoms with Gasteiger partial charge in [0.1, 0.15) is 13.2 Å². The monoisotopic (exact) mass is 273 g/mol. The number of benzene rings is 1. The van der Waals surface area contributed by atoms with E-state index in [2.05, 4.69) is 15.3 Å². The number of carboxylic acid groups (broad SMARTS) is 1. The second kappa shape index (κ2) is 5.04. The number of aromatic nitrogens is 2. The lowest BCUT2D eigenvalue weighted by Crippen LogP contribution is -2.15. The van der Waals surface area contributed by atoms with Crippen LogP contribution in [0, 0.1) is 0 Å². The number of aromatic carboxylic acids is 1. The molecule has 7 nitrogen and oxygen atoms in total. The minimum Gasteiger partial charge on any atom is -0.486 e. The largest absolute Gasteiger partial charge is 0.486 e. The first-order valence-electron chi connectivity index (χ1n) is 5.94. The van der Waals surface area contributed by atoms with Gasteiger partial charge in [-0.2, -0.15) is 0 Å². The second-order valence-electron chi connectivity index (χ2n) is 4.08. The van der Waals surface area contributed by atoms with Crippen LogP contribution in [0.2, 0.25) is 0 Å². The first kappa shape index (κ1) is 12.2. The summed E-state index contributed by atoms with van der Waals surface area (Å²) in [5.41, 5.74) is 0.773. The molecule has 0 atom stereocenters. The molecule has 1 aliphatic heterocycles. The number of hydrogen-bond donors (Lipinski definition) is 2. The Kier molecular flexibility index (Phi) is 3.08. The lowest BCUT2D eigenvalue weighted by atomic mass is 10.2. The number of fused-ring (bicyclic) bond motifs is 1. The van der Waals surface area contributed by atoms with Crippen molar-refractivity contribution in [1.82, 2.24) is 9.97 Å². The first-order valence-corrected chi connectivity index (χ1v) is 5.94. The summed E-state index contributed by atoms with van der Waals surface area (Å²) < 4.78 is 10.9. The molecule has 0 bridgehead atoms. The Labute approximate surface area is 114 Å². The number of carbonyl (C=O) groups is 1. The summed E-state index contributed by atoms with van der Waals surface area (Å²) in [7, 11) is 0. The Morgan fingerprint density at radius 1 is 1.15 bits per heavy atom. The van der Waals surface area contributed by atoms with Gasteiger partial charge in [-0.05, 0) is 12.1 Å². The van der Waals surface area contributed by atoms with Crippen LogP contribution in [-0.4, -0.2) is 34.3 Å². The summed E-state index contributed by atoms with van der Waals surface area (Å²) in [5, 5.41) is 11.7. The fourth-order valence-electron chi connectivity index (χ4n) is 1.75. The van der Waals surface area contributed by atoms with Crippen LogP contribution in [-0.2, 0) is 0 Å². The topological polar surface area (TPSA) is 93.6 Å². The summed E-state index contributed by atoms with van der Waals surface area (Å²) in [6.45, 7) is 1.06. The van der Waals surface area contributed by atoms with Crippen molar-refractivity contribution >= 4 is 17.6 Å². The van der Waals surface area contributed by atoms with Crippen molar-refractivity contribution in [2.75, 3.05) is 18.5 Å². The van der Waals surface area contributed by atoms with E-state index in [1.807, 2.05) is 6.07 Å². The van der Waals surface area contributed by atoms with Gasteiger partial charge in [-0.25, -0.2) is 14.8 Å². The summed E-state index contributed by atoms with van der Waals surface area (Å²) in [4.78, 5) is 18.6. The zero-order valence-electron chi connectivity index (χ0n) is 10.4. The van der Waals surface area contributed by atoms with Gasteiger partial charge in [-0.15, -0.1) is 0 Å². The first-order chi connectivity index (χ1) is 9.72. The van der Waals surface area contributed by atoms with Crippen LogP contribution >= 0.6 is 0 Å². The number of rotatable bonds is 3. The van der Waals surface area contributed by atoms with Crippen molar-refractivity contribution in [2.45, 2.75) is 0 Å². The zero-order chi connectivity index (χ0) is 13.9. The van der Waals surface area contributed by atoms with Crippen LogP contribution in [0.3, 0.4) is 0 Å². The number of carboxylic acids is 1. The Morgan fingerprint density at radius 3 is 2.55 bits per heavy atom. The molecular formula is C13H11N3O4. The molecule has 1 aromatic heterocycles. The molecule has 0 fully saturated rings. The molecule has 0 saturated carbocycles. The molecule has 20 heavy (non-hydrogen) atoms. The van der Waals surface area contributed by atoms with Crippen LogP contribution in [0.15, 0.2) is 30.6 Å². The van der Waals surface area contributed by atoms with Gasteiger partial charge < -0.3 is 19.9 Å². The molecule has 0 unspecified atom stereocenters. The molecule has 102 valence electrons. The zero-order valence-corrected chi connectivity index (χ0v) is 10.4. The number of nitrogens with zero attached hydrogens (tertiary/aromatic N) is 2. The Bertz CT molecular complexity index is 643. The average Bonchev–Trinajstić information content (AvgIpc) is 2.48. The van der Waals surface area contributed by atoms with E-state index in [-0.39, 0.29) is 5.56 Å². The van der Waals surface area contributed by atoms with Gasteiger partial charge >= 0.3 is 5.97 Å². The van der Waals surface area contributed by atoms with Crippen LogP contribution in [0.25, 0.3) is 0 Å². The number of anilines is 2. The van der Waals surface area contributed by atoms with E-state index in [1.54, 1.807) is 12.1 Å². The van der Waals surface area contributed by atoms with E-state index in [0.717, 1.165) is 5.69 Å². The van der Waals surface area contributed by atoms with Gasteiger partial charge in [0.25, 0.3) is 0 Å². The van der Waals surface area contributed by atoms with Gasteiger partial charge in [0.05, 0.1) is 5.56 Å². The van der Waals surface area contributed by atoms with Crippen LogP contribution in [0.4, 0.5) is 11.6 Å². The molecule has 2 aromatic rings. The van der Waals surface area contributed by atoms with Gasteiger partial charge in [0.15, 0.2) is 11.5 Å². The third kappa shape index (κ3) is 2.46. The highest BCUT2D eigenvalue weighted by molar-refractivity contribution is 5.86. The lowest BCUT2D eigenvalue weighted by molar-refractivity contribution is 0.0696. The third-order valence-electron chi connectivity index (χ3n) is 2.70. The van der Waals surface area contributed by atoms with Crippen LogP contribution in [0.1, 0.15) is 10.4 Å². The van der Waals surface area contributed by atoms with E-state index in [1.165, 1.54) is 12.4 Å². The molecule has 2 heterocycles. The maximum Gasteiger partial charge on any atom is 0.338 e. The summed E-state index contributed by atoms with van der Waals surface area (Å²) >= 11 is 0. The number of ether oxygens (including phenoxy) is 2. The second-order valence-corrected chi connectivity index (χ2v) is 4.08. The number of nitrogens with one attached hydrogen (secondary N) is 1. The quantitative estimate of drug-likeness (QED) is 0.878. The molecule has 1 aromatic carbocycles. The smallest absolute Gasteiger partial charge is 0.338 e. The van der Waals surface area contributed by atoms with Gasteiger partial charge in [0, 0.05) is 24.1 Å². The van der Waals surface area contributed by atoms with Crippen LogP contribution < -0.4 is 14.8 Å². The Balaban J connectivity index is 1.78. The predicted octanol–water partition coefficient (Wildman–Crippen LogP) is 1.69. The Hall–Kier alpha value is -2.83. The van der Waals surface area contributed by atoms with E-state index in [9.17, 15) is 4.79 Å². The van der Waals surface area contributed by atoms with Crippen molar-refractivity contribution in [3.63, 3.8) is 0 Å². The maximum atomic E-state index is 10.7. The maximum absolute atomic E-state index is 10.7. The fourth-order valence-corrected chi connectivity index (χ4v) is 1.75. The normalized spacial score (nSPS) is 12.8. The SMILES string of the molecule is O=C(O)c1cnc(Nc2ccc3c(c2)OCCO3)nc1. The molecule has 1 aliphatic rings. The van der Waals surface area contributed by atoms with Crippen molar-refractivity contribution < 1.29 is 19.4 Å². The molecule has 0 aliphatic carbocycles. The molecular weight excluding hydrogens is 262 g/mol. The lowest BCUT2D eigenvalue weighted by Gasteiger charge is -2.18.